The molecule has 2 aromatic rings. The van der Waals surface area contributed by atoms with Gasteiger partial charge in [-0.25, -0.2) is 14.1 Å². The van der Waals surface area contributed by atoms with Crippen molar-refractivity contribution in [1.82, 2.24) is 4.90 Å². The van der Waals surface area contributed by atoms with Crippen LogP contribution in [0.25, 0.3) is 0 Å². The highest BCUT2D eigenvalue weighted by Crippen LogP contribution is 2.38. The Morgan fingerprint density at radius 3 is 2.24 bits per heavy atom. The molecular weight excluding hydrogens is 436 g/mol. The normalized spacial score (nSPS) is 15.4. The standard InChI is InChI=1S/C23H28N4O3S.C2H6/c1-15(28)27(2)14-16-6-3-9-19(12-16)31(24,30)26-23(29)25-22-20-10-4-7-17(20)13-18-8-5-11-21(18)22;1-2/h3,6,9,12-13H,4-5,7-8,10-11,14H2,1-2H3,(H3,24,25,26,29,30);1-2H3. The summed E-state index contributed by atoms with van der Waals surface area (Å²) in [4.78, 5) is 26.1. The molecule has 2 aliphatic carbocycles. The lowest BCUT2D eigenvalue weighted by Crippen LogP contribution is -2.23. The number of aryl methyl sites for hydroxylation is 2. The molecule has 3 amide bonds. The van der Waals surface area contributed by atoms with Gasteiger partial charge >= 0.3 is 6.03 Å². The maximum atomic E-state index is 13.1. The van der Waals surface area contributed by atoms with Crippen molar-refractivity contribution < 1.29 is 13.8 Å². The first-order chi connectivity index (χ1) is 15.7. The summed E-state index contributed by atoms with van der Waals surface area (Å²) in [6.45, 7) is 5.83. The van der Waals surface area contributed by atoms with Crippen LogP contribution in [0.4, 0.5) is 10.5 Å². The van der Waals surface area contributed by atoms with Crippen LogP contribution in [0.15, 0.2) is 39.6 Å². The van der Waals surface area contributed by atoms with Crippen LogP contribution < -0.4 is 10.5 Å². The summed E-state index contributed by atoms with van der Waals surface area (Å²) in [5.41, 5.74) is 6.58. The molecule has 0 saturated carbocycles. The molecule has 0 spiro atoms. The number of hydrogen-bond donors (Lipinski definition) is 2. The minimum atomic E-state index is -3.43. The first kappa shape index (κ1) is 24.9. The number of urea groups is 1. The third kappa shape index (κ3) is 5.62. The summed E-state index contributed by atoms with van der Waals surface area (Å²) >= 11 is 0. The Morgan fingerprint density at radius 1 is 1.06 bits per heavy atom. The average molecular weight is 471 g/mol. The zero-order chi connectivity index (χ0) is 24.2. The molecule has 7 nitrogen and oxygen atoms in total. The number of nitrogens with two attached hydrogens (primary N) is 1. The lowest BCUT2D eigenvalue weighted by Gasteiger charge is -2.16. The molecule has 8 heteroatoms. The summed E-state index contributed by atoms with van der Waals surface area (Å²) in [7, 11) is -1.74. The number of anilines is 1. The number of carbonyl (C=O) groups is 2. The fraction of sp³-hybridized carbons (Fsp3) is 0.440. The number of rotatable bonds is 4. The second-order valence-corrected chi connectivity index (χ2v) is 10.1. The third-order valence-electron chi connectivity index (χ3n) is 6.12. The van der Waals surface area contributed by atoms with E-state index in [0.717, 1.165) is 49.8 Å². The molecule has 178 valence electrons. The van der Waals surface area contributed by atoms with Crippen LogP contribution in [-0.4, -0.2) is 28.1 Å². The zero-order valence-electron chi connectivity index (χ0n) is 19.9. The van der Waals surface area contributed by atoms with Gasteiger partial charge in [-0.1, -0.05) is 32.0 Å². The van der Waals surface area contributed by atoms with E-state index in [1.165, 1.54) is 34.1 Å². The average Bonchev–Trinajstić information content (AvgIpc) is 3.44. The van der Waals surface area contributed by atoms with Gasteiger partial charge < -0.3 is 10.2 Å². The highest BCUT2D eigenvalue weighted by Gasteiger charge is 2.25. The van der Waals surface area contributed by atoms with Crippen LogP contribution in [0.3, 0.4) is 0 Å². The first-order valence-electron chi connectivity index (χ1n) is 11.6. The van der Waals surface area contributed by atoms with Crippen molar-refractivity contribution in [2.75, 3.05) is 12.4 Å². The number of fused-ring (bicyclic) bond motifs is 2. The van der Waals surface area contributed by atoms with Crippen molar-refractivity contribution in [3.05, 3.63) is 58.1 Å². The van der Waals surface area contributed by atoms with Gasteiger partial charge in [-0.2, -0.15) is 0 Å². The Labute approximate surface area is 197 Å². The first-order valence-corrected chi connectivity index (χ1v) is 13.2. The van der Waals surface area contributed by atoms with Crippen LogP contribution in [-0.2, 0) is 46.9 Å². The summed E-state index contributed by atoms with van der Waals surface area (Å²) < 4.78 is 17.0. The molecular formula is C25H34N4O3S. The van der Waals surface area contributed by atoms with Crippen LogP contribution in [0.1, 0.15) is 61.4 Å². The van der Waals surface area contributed by atoms with E-state index in [1.807, 2.05) is 19.9 Å². The van der Waals surface area contributed by atoms with Gasteiger partial charge in [0.25, 0.3) is 0 Å². The predicted molar refractivity (Wildman–Crippen MR) is 132 cm³/mol. The van der Waals surface area contributed by atoms with Crippen molar-refractivity contribution in [3.8, 4) is 0 Å². The van der Waals surface area contributed by atoms with Crippen molar-refractivity contribution in [2.24, 2.45) is 9.50 Å². The van der Waals surface area contributed by atoms with Gasteiger partial charge in [0.2, 0.25) is 5.91 Å². The van der Waals surface area contributed by atoms with Crippen LogP contribution in [0.5, 0.6) is 0 Å². The van der Waals surface area contributed by atoms with Crippen LogP contribution in [0.2, 0.25) is 0 Å². The van der Waals surface area contributed by atoms with Crippen molar-refractivity contribution in [2.45, 2.75) is 70.7 Å². The van der Waals surface area contributed by atoms with Gasteiger partial charge in [0.05, 0.1) is 4.90 Å². The summed E-state index contributed by atoms with van der Waals surface area (Å²) in [5.74, 6) is -0.0779. The van der Waals surface area contributed by atoms with E-state index >= 15 is 0 Å². The SMILES string of the molecule is CC.CC(=O)N(C)Cc1cccc(S(N)(=O)=NC(=O)Nc2c3c(cc4c2CCC4)CCC3)c1. The fourth-order valence-electron chi connectivity index (χ4n) is 4.48. The van der Waals surface area contributed by atoms with Gasteiger partial charge in [-0.05, 0) is 78.5 Å². The minimum absolute atomic E-state index is 0.0779. The van der Waals surface area contributed by atoms with E-state index in [2.05, 4.69) is 15.7 Å². The quantitative estimate of drug-likeness (QED) is 0.682. The van der Waals surface area contributed by atoms with E-state index in [9.17, 15) is 13.8 Å². The number of nitrogens with zero attached hydrogens (tertiary/aromatic N) is 2. The maximum absolute atomic E-state index is 13.1. The smallest absolute Gasteiger partial charge is 0.342 e. The van der Waals surface area contributed by atoms with Gasteiger partial charge in [-0.3, -0.25) is 4.79 Å². The van der Waals surface area contributed by atoms with Crippen LogP contribution >= 0.6 is 0 Å². The van der Waals surface area contributed by atoms with Crippen LogP contribution in [0, 0.1) is 0 Å². The van der Waals surface area contributed by atoms with Crippen molar-refractivity contribution in [1.29, 1.82) is 0 Å². The van der Waals surface area contributed by atoms with Gasteiger partial charge in [0, 0.05) is 26.2 Å². The molecule has 0 bridgehead atoms. The largest absolute Gasteiger partial charge is 0.354 e. The monoisotopic (exact) mass is 470 g/mol. The molecule has 0 aromatic heterocycles. The molecule has 2 aromatic carbocycles. The van der Waals surface area contributed by atoms with Crippen molar-refractivity contribution >= 4 is 27.5 Å². The zero-order valence-corrected chi connectivity index (χ0v) is 20.8. The molecule has 0 fully saturated rings. The predicted octanol–water partition coefficient (Wildman–Crippen LogP) is 4.60. The van der Waals surface area contributed by atoms with Gasteiger partial charge in [0.15, 0.2) is 0 Å². The molecule has 1 atom stereocenters. The number of carbonyl (C=O) groups excluding carboxylic acids is 2. The molecule has 2 aliphatic rings. The topological polar surface area (TPSA) is 105 Å². The molecule has 3 N–H and O–H groups in total. The summed E-state index contributed by atoms with van der Waals surface area (Å²) in [5, 5.41) is 8.91. The molecule has 4 rings (SSSR count). The number of hydrogen-bond acceptors (Lipinski definition) is 3. The maximum Gasteiger partial charge on any atom is 0.354 e. The number of amides is 3. The molecule has 0 heterocycles. The Hall–Kier alpha value is -2.71. The minimum Gasteiger partial charge on any atom is -0.342 e. The van der Waals surface area contributed by atoms with E-state index in [1.54, 1.807) is 25.2 Å². The number of benzene rings is 2. The Bertz CT molecular complexity index is 1150. The molecule has 0 saturated heterocycles. The summed E-state index contributed by atoms with van der Waals surface area (Å²) in [6, 6.07) is 8.34. The van der Waals surface area contributed by atoms with Crippen molar-refractivity contribution in [3.63, 3.8) is 0 Å². The van der Waals surface area contributed by atoms with E-state index in [0.29, 0.717) is 6.54 Å². The Kier molecular flexibility index (Phi) is 7.92. The molecule has 33 heavy (non-hydrogen) atoms. The van der Waals surface area contributed by atoms with Gasteiger partial charge in [-0.15, -0.1) is 4.36 Å². The lowest BCUT2D eigenvalue weighted by molar-refractivity contribution is -0.128. The third-order valence-corrected chi connectivity index (χ3v) is 7.48. The van der Waals surface area contributed by atoms with E-state index in [-0.39, 0.29) is 10.8 Å². The second-order valence-electron chi connectivity index (χ2n) is 8.35. The fourth-order valence-corrected chi connectivity index (χ4v) is 5.47. The van der Waals surface area contributed by atoms with Gasteiger partial charge in [0.1, 0.15) is 9.92 Å². The summed E-state index contributed by atoms with van der Waals surface area (Å²) in [6.07, 6.45) is 6.07. The van der Waals surface area contributed by atoms with E-state index < -0.39 is 15.9 Å². The Balaban J connectivity index is 0.00000149. The number of nitrogens with one attached hydrogen (secondary N) is 1. The molecule has 1 unspecified atom stereocenters. The second kappa shape index (κ2) is 10.5. The molecule has 0 radical (unpaired) electrons. The molecule has 0 aliphatic heterocycles. The highest BCUT2D eigenvalue weighted by molar-refractivity contribution is 7.91. The Morgan fingerprint density at radius 2 is 1.67 bits per heavy atom. The van der Waals surface area contributed by atoms with E-state index in [4.69, 9.17) is 5.14 Å². The highest BCUT2D eigenvalue weighted by atomic mass is 32.2. The lowest BCUT2D eigenvalue weighted by atomic mass is 9.99.